The number of benzene rings is 2. The minimum atomic E-state index is -0.483. The number of ether oxygens (including phenoxy) is 3. The second kappa shape index (κ2) is 13.0. The van der Waals surface area contributed by atoms with Gasteiger partial charge in [-0.05, 0) is 70.9 Å². The molecule has 1 amide bonds. The Hall–Kier alpha value is -4.18. The van der Waals surface area contributed by atoms with Gasteiger partial charge in [-0.2, -0.15) is 4.98 Å². The number of amides is 1. The second-order valence-electron chi connectivity index (χ2n) is 12.2. The van der Waals surface area contributed by atoms with Crippen molar-refractivity contribution in [3.63, 3.8) is 0 Å². The van der Waals surface area contributed by atoms with E-state index in [0.29, 0.717) is 37.6 Å². The molecule has 3 heterocycles. The van der Waals surface area contributed by atoms with Gasteiger partial charge in [-0.25, -0.2) is 14.8 Å². The lowest BCUT2D eigenvalue weighted by molar-refractivity contribution is 0.0137. The van der Waals surface area contributed by atoms with Crippen molar-refractivity contribution in [1.29, 1.82) is 0 Å². The maximum atomic E-state index is 12.3. The topological polar surface area (TPSA) is 94.8 Å². The molecular formula is C33H42N6O4. The van der Waals surface area contributed by atoms with Crippen molar-refractivity contribution in [2.45, 2.75) is 59.8 Å². The largest absolute Gasteiger partial charge is 0.492 e. The highest BCUT2D eigenvalue weighted by atomic mass is 16.6. The van der Waals surface area contributed by atoms with Crippen LogP contribution in [-0.2, 0) is 11.3 Å². The van der Waals surface area contributed by atoms with E-state index in [2.05, 4.69) is 50.6 Å². The van der Waals surface area contributed by atoms with Crippen LogP contribution in [0, 0.1) is 6.92 Å². The van der Waals surface area contributed by atoms with E-state index in [0.717, 1.165) is 53.5 Å². The third-order valence-corrected chi connectivity index (χ3v) is 7.17. The first kappa shape index (κ1) is 30.3. The number of aromatic nitrogens is 4. The van der Waals surface area contributed by atoms with Crippen LogP contribution in [0.1, 0.15) is 45.7 Å². The first-order valence-electron chi connectivity index (χ1n) is 14.9. The van der Waals surface area contributed by atoms with E-state index < -0.39 is 5.60 Å². The summed E-state index contributed by atoms with van der Waals surface area (Å²) in [5.41, 5.74) is 4.09. The Morgan fingerprint density at radius 2 is 1.74 bits per heavy atom. The third-order valence-electron chi connectivity index (χ3n) is 7.17. The molecule has 0 spiro atoms. The molecule has 0 N–H and O–H groups in total. The van der Waals surface area contributed by atoms with Crippen LogP contribution >= 0.6 is 0 Å². The number of hydrogen-bond acceptors (Lipinski definition) is 8. The van der Waals surface area contributed by atoms with Gasteiger partial charge in [0.15, 0.2) is 11.2 Å². The van der Waals surface area contributed by atoms with Crippen LogP contribution < -0.4 is 9.47 Å². The fourth-order valence-corrected chi connectivity index (χ4v) is 5.10. The summed E-state index contributed by atoms with van der Waals surface area (Å²) >= 11 is 0. The molecule has 0 atom stereocenters. The van der Waals surface area contributed by atoms with Crippen LogP contribution in [-0.4, -0.2) is 86.4 Å². The summed E-state index contributed by atoms with van der Waals surface area (Å²) in [5, 5.41) is 0. The Bertz CT molecular complexity index is 1540. The van der Waals surface area contributed by atoms with Crippen molar-refractivity contribution in [3.05, 3.63) is 66.0 Å². The van der Waals surface area contributed by atoms with Gasteiger partial charge in [-0.3, -0.25) is 4.90 Å². The molecule has 1 saturated heterocycles. The maximum absolute atomic E-state index is 12.3. The summed E-state index contributed by atoms with van der Waals surface area (Å²) in [7, 11) is 0. The second-order valence-corrected chi connectivity index (χ2v) is 12.2. The summed E-state index contributed by atoms with van der Waals surface area (Å²) in [6.45, 7) is 16.5. The number of carbonyl (C=O) groups excluding carboxylic acids is 1. The van der Waals surface area contributed by atoms with Crippen molar-refractivity contribution in [3.8, 4) is 23.0 Å². The highest BCUT2D eigenvalue weighted by Crippen LogP contribution is 2.32. The molecule has 0 saturated carbocycles. The molecule has 1 aliphatic rings. The first-order valence-corrected chi connectivity index (χ1v) is 14.9. The summed E-state index contributed by atoms with van der Waals surface area (Å²) in [6, 6.07) is 16.4. The van der Waals surface area contributed by atoms with Gasteiger partial charge in [0.05, 0.1) is 12.6 Å². The lowest BCUT2D eigenvalue weighted by atomic mass is 10.1. The van der Waals surface area contributed by atoms with Gasteiger partial charge in [0.25, 0.3) is 0 Å². The molecule has 0 radical (unpaired) electrons. The van der Waals surface area contributed by atoms with Crippen LogP contribution in [0.5, 0.6) is 11.6 Å². The van der Waals surface area contributed by atoms with Crippen LogP contribution in [0.3, 0.4) is 0 Å². The molecule has 0 unspecified atom stereocenters. The quantitative estimate of drug-likeness (QED) is 0.251. The molecule has 228 valence electrons. The van der Waals surface area contributed by atoms with Crippen LogP contribution in [0.2, 0.25) is 0 Å². The van der Waals surface area contributed by atoms with Gasteiger partial charge < -0.3 is 23.7 Å². The molecule has 2 aromatic carbocycles. The molecular weight excluding hydrogens is 544 g/mol. The minimum Gasteiger partial charge on any atom is -0.492 e. The third kappa shape index (κ3) is 7.62. The zero-order valence-corrected chi connectivity index (χ0v) is 26.0. The number of piperazine rings is 1. The molecule has 43 heavy (non-hydrogen) atoms. The van der Waals surface area contributed by atoms with Gasteiger partial charge in [-0.15, -0.1) is 0 Å². The molecule has 1 aliphatic heterocycles. The average molecular weight is 587 g/mol. The van der Waals surface area contributed by atoms with E-state index in [1.165, 1.54) is 6.33 Å². The standard InChI is InChI=1S/C33H42N6O4/c1-23(2)42-31-28-30(34-22-35-31)39(21-25-10-8-7-9-11-25)29(36-28)27-13-12-26(20-24(27)3)41-19-18-37-14-16-38(17-15-37)32(40)43-33(4,5)6/h7-13,20,22-23H,14-19,21H2,1-6H3. The molecule has 4 aromatic rings. The Balaban J connectivity index is 1.28. The average Bonchev–Trinajstić information content (AvgIpc) is 3.31. The number of aryl methyl sites for hydroxylation is 1. The van der Waals surface area contributed by atoms with Gasteiger partial charge >= 0.3 is 6.09 Å². The van der Waals surface area contributed by atoms with Crippen molar-refractivity contribution >= 4 is 17.3 Å². The lowest BCUT2D eigenvalue weighted by Gasteiger charge is -2.35. The van der Waals surface area contributed by atoms with Crippen molar-refractivity contribution in [2.75, 3.05) is 39.3 Å². The highest BCUT2D eigenvalue weighted by molar-refractivity contribution is 5.82. The van der Waals surface area contributed by atoms with Gasteiger partial charge in [-0.1, -0.05) is 30.3 Å². The number of imidazole rings is 1. The molecule has 0 bridgehead atoms. The number of carbonyl (C=O) groups is 1. The van der Waals surface area contributed by atoms with E-state index in [1.807, 2.05) is 58.9 Å². The van der Waals surface area contributed by atoms with Crippen LogP contribution in [0.15, 0.2) is 54.9 Å². The van der Waals surface area contributed by atoms with E-state index in [9.17, 15) is 4.79 Å². The summed E-state index contributed by atoms with van der Waals surface area (Å²) in [4.78, 5) is 30.4. The zero-order valence-electron chi connectivity index (χ0n) is 26.0. The minimum absolute atomic E-state index is 0.0344. The number of nitrogens with zero attached hydrogens (tertiary/aromatic N) is 6. The van der Waals surface area contributed by atoms with Crippen LogP contribution in [0.4, 0.5) is 4.79 Å². The van der Waals surface area contributed by atoms with E-state index in [-0.39, 0.29) is 12.2 Å². The smallest absolute Gasteiger partial charge is 0.410 e. The first-order chi connectivity index (χ1) is 20.6. The molecule has 10 nitrogen and oxygen atoms in total. The lowest BCUT2D eigenvalue weighted by Crippen LogP contribution is -2.50. The summed E-state index contributed by atoms with van der Waals surface area (Å²) in [5.74, 6) is 2.10. The molecule has 10 heteroatoms. The van der Waals surface area contributed by atoms with Crippen LogP contribution in [0.25, 0.3) is 22.6 Å². The fourth-order valence-electron chi connectivity index (χ4n) is 5.10. The van der Waals surface area contributed by atoms with Gasteiger partial charge in [0.1, 0.15) is 30.1 Å². The Labute approximate surface area is 253 Å². The monoisotopic (exact) mass is 586 g/mol. The van der Waals surface area contributed by atoms with Gasteiger partial charge in [0.2, 0.25) is 5.88 Å². The SMILES string of the molecule is Cc1cc(OCCN2CCN(C(=O)OC(C)(C)C)CC2)ccc1-c1nc2c(OC(C)C)ncnc2n1Cc1ccccc1. The number of rotatable bonds is 9. The Morgan fingerprint density at radius 1 is 1.00 bits per heavy atom. The Kier molecular flexibility index (Phi) is 9.15. The zero-order chi connectivity index (χ0) is 30.6. The maximum Gasteiger partial charge on any atom is 0.410 e. The molecule has 5 rings (SSSR count). The van der Waals surface area contributed by atoms with Crippen molar-refractivity contribution < 1.29 is 19.0 Å². The summed E-state index contributed by atoms with van der Waals surface area (Å²) < 4.78 is 19.8. The van der Waals surface area contributed by atoms with Crippen molar-refractivity contribution in [2.24, 2.45) is 0 Å². The highest BCUT2D eigenvalue weighted by Gasteiger charge is 2.26. The molecule has 1 fully saturated rings. The normalized spacial score (nSPS) is 14.3. The predicted molar refractivity (Wildman–Crippen MR) is 167 cm³/mol. The summed E-state index contributed by atoms with van der Waals surface area (Å²) in [6.07, 6.45) is 1.26. The van der Waals surface area contributed by atoms with E-state index >= 15 is 0 Å². The van der Waals surface area contributed by atoms with E-state index in [4.69, 9.17) is 19.2 Å². The molecule has 2 aromatic heterocycles. The Morgan fingerprint density at radius 3 is 2.42 bits per heavy atom. The molecule has 0 aliphatic carbocycles. The van der Waals surface area contributed by atoms with Crippen molar-refractivity contribution in [1.82, 2.24) is 29.3 Å². The van der Waals surface area contributed by atoms with E-state index in [1.54, 1.807) is 4.90 Å². The van der Waals surface area contributed by atoms with Gasteiger partial charge in [0, 0.05) is 38.3 Å². The fraction of sp³-hybridized carbons (Fsp3) is 0.455. The number of fused-ring (bicyclic) bond motifs is 1. The number of hydrogen-bond donors (Lipinski definition) is 0. The predicted octanol–water partition coefficient (Wildman–Crippen LogP) is 5.57.